The first-order chi connectivity index (χ1) is 14.6. The second kappa shape index (κ2) is 8.82. The molecule has 0 bridgehead atoms. The molecule has 1 aromatic heterocycles. The van der Waals surface area contributed by atoms with Crippen LogP contribution in [0.3, 0.4) is 0 Å². The smallest absolute Gasteiger partial charge is 0.265 e. The third-order valence-electron chi connectivity index (χ3n) is 4.92. The molecule has 3 aromatic rings. The van der Waals surface area contributed by atoms with E-state index in [1.165, 1.54) is 5.56 Å². The van der Waals surface area contributed by atoms with Crippen molar-refractivity contribution in [3.8, 4) is 17.2 Å². The van der Waals surface area contributed by atoms with E-state index < -0.39 is 0 Å². The Morgan fingerprint density at radius 1 is 1.17 bits per heavy atom. The van der Waals surface area contributed by atoms with Crippen LogP contribution in [-0.2, 0) is 16.0 Å². The number of hydrogen-bond donors (Lipinski definition) is 1. The molecule has 0 atom stereocenters. The molecule has 0 radical (unpaired) electrons. The molecule has 0 spiro atoms. The lowest BCUT2D eigenvalue weighted by Crippen LogP contribution is -2.41. The van der Waals surface area contributed by atoms with Crippen LogP contribution in [0.5, 0.6) is 5.75 Å². The van der Waals surface area contributed by atoms with Gasteiger partial charge >= 0.3 is 0 Å². The fourth-order valence-corrected chi connectivity index (χ4v) is 3.28. The van der Waals surface area contributed by atoms with Gasteiger partial charge in [-0.2, -0.15) is 0 Å². The van der Waals surface area contributed by atoms with E-state index in [-0.39, 0.29) is 24.8 Å². The molecule has 2 heterocycles. The maximum absolute atomic E-state index is 12.2. The van der Waals surface area contributed by atoms with Gasteiger partial charge in [0.15, 0.2) is 6.61 Å². The van der Waals surface area contributed by atoms with Crippen LogP contribution in [0.15, 0.2) is 59.2 Å². The number of anilines is 1. The van der Waals surface area contributed by atoms with Gasteiger partial charge in [-0.15, -0.1) is 0 Å². The number of fused-ring (bicyclic) bond motifs is 1. The largest absolute Gasteiger partial charge is 0.482 e. The SMILES string of the molecule is Cc1ccc(-c2nc(CCNC(=O)CCN3C(=O)COc4ccccc43)co2)cc1. The van der Waals surface area contributed by atoms with Gasteiger partial charge in [-0.25, -0.2) is 4.98 Å². The Balaban J connectivity index is 1.25. The van der Waals surface area contributed by atoms with E-state index in [0.717, 1.165) is 11.3 Å². The highest BCUT2D eigenvalue weighted by Crippen LogP contribution is 2.31. The number of aromatic nitrogens is 1. The molecule has 0 unspecified atom stereocenters. The molecule has 7 nitrogen and oxygen atoms in total. The summed E-state index contributed by atoms with van der Waals surface area (Å²) in [6, 6.07) is 15.3. The molecule has 154 valence electrons. The Kier molecular flexibility index (Phi) is 5.79. The highest BCUT2D eigenvalue weighted by molar-refractivity contribution is 5.98. The fourth-order valence-electron chi connectivity index (χ4n) is 3.28. The van der Waals surface area contributed by atoms with Gasteiger partial charge in [0, 0.05) is 31.5 Å². The number of nitrogens with zero attached hydrogens (tertiary/aromatic N) is 2. The third-order valence-corrected chi connectivity index (χ3v) is 4.92. The van der Waals surface area contributed by atoms with Crippen LogP contribution < -0.4 is 15.0 Å². The number of oxazole rings is 1. The molecule has 0 fully saturated rings. The van der Waals surface area contributed by atoms with E-state index in [9.17, 15) is 9.59 Å². The van der Waals surface area contributed by atoms with Crippen molar-refractivity contribution in [1.29, 1.82) is 0 Å². The molecular formula is C23H23N3O4. The summed E-state index contributed by atoms with van der Waals surface area (Å²) >= 11 is 0. The monoisotopic (exact) mass is 405 g/mol. The lowest BCUT2D eigenvalue weighted by Gasteiger charge is -2.29. The third kappa shape index (κ3) is 4.51. The molecule has 1 N–H and O–H groups in total. The van der Waals surface area contributed by atoms with Gasteiger partial charge in [-0.1, -0.05) is 29.8 Å². The summed E-state index contributed by atoms with van der Waals surface area (Å²) in [6.07, 6.45) is 2.40. The molecule has 2 aromatic carbocycles. The number of para-hydroxylation sites is 2. The minimum atomic E-state index is -0.146. The minimum absolute atomic E-state index is 0.00585. The van der Waals surface area contributed by atoms with Gasteiger partial charge in [-0.3, -0.25) is 9.59 Å². The first kappa shape index (κ1) is 19.7. The Morgan fingerprint density at radius 3 is 2.80 bits per heavy atom. The van der Waals surface area contributed by atoms with Crippen molar-refractivity contribution in [3.05, 3.63) is 66.1 Å². The van der Waals surface area contributed by atoms with Crippen LogP contribution in [0.2, 0.25) is 0 Å². The number of benzene rings is 2. The molecule has 0 aliphatic carbocycles. The summed E-state index contributed by atoms with van der Waals surface area (Å²) in [4.78, 5) is 30.5. The Labute approximate surface area is 174 Å². The van der Waals surface area contributed by atoms with E-state index in [4.69, 9.17) is 9.15 Å². The van der Waals surface area contributed by atoms with Gasteiger partial charge in [0.25, 0.3) is 5.91 Å². The zero-order valence-electron chi connectivity index (χ0n) is 16.8. The standard InChI is InChI=1S/C23H23N3O4/c1-16-6-8-17(9-7-16)23-25-18(14-30-23)10-12-24-21(27)11-13-26-19-4-2-3-5-20(19)29-15-22(26)28/h2-9,14H,10-13,15H2,1H3,(H,24,27). The van der Waals surface area contributed by atoms with Crippen molar-refractivity contribution in [2.24, 2.45) is 0 Å². The highest BCUT2D eigenvalue weighted by atomic mass is 16.5. The number of rotatable bonds is 7. The summed E-state index contributed by atoms with van der Waals surface area (Å²) in [6.45, 7) is 2.79. The number of ether oxygens (including phenoxy) is 1. The topological polar surface area (TPSA) is 84.7 Å². The first-order valence-electron chi connectivity index (χ1n) is 9.90. The fraction of sp³-hybridized carbons (Fsp3) is 0.261. The van der Waals surface area contributed by atoms with Crippen molar-refractivity contribution in [2.75, 3.05) is 24.6 Å². The second-order valence-corrected chi connectivity index (χ2v) is 7.16. The average Bonchev–Trinajstić information content (AvgIpc) is 3.22. The minimum Gasteiger partial charge on any atom is -0.482 e. The summed E-state index contributed by atoms with van der Waals surface area (Å²) in [5, 5.41) is 2.88. The molecule has 4 rings (SSSR count). The van der Waals surface area contributed by atoms with E-state index in [1.807, 2.05) is 55.5 Å². The molecule has 1 aliphatic rings. The zero-order valence-corrected chi connectivity index (χ0v) is 16.8. The number of hydrogen-bond acceptors (Lipinski definition) is 5. The van der Waals surface area contributed by atoms with Crippen molar-refractivity contribution in [1.82, 2.24) is 10.3 Å². The lowest BCUT2D eigenvalue weighted by molar-refractivity contribution is -0.122. The average molecular weight is 405 g/mol. The quantitative estimate of drug-likeness (QED) is 0.653. The Hall–Kier alpha value is -3.61. The molecule has 0 saturated heterocycles. The number of nitrogens with one attached hydrogen (secondary N) is 1. The summed E-state index contributed by atoms with van der Waals surface area (Å²) in [7, 11) is 0. The van der Waals surface area contributed by atoms with Crippen LogP contribution in [0.1, 0.15) is 17.7 Å². The van der Waals surface area contributed by atoms with Gasteiger partial charge in [-0.05, 0) is 31.2 Å². The zero-order chi connectivity index (χ0) is 20.9. The van der Waals surface area contributed by atoms with Gasteiger partial charge in [0.05, 0.1) is 11.4 Å². The molecule has 1 aliphatic heterocycles. The van der Waals surface area contributed by atoms with Gasteiger partial charge in [0.1, 0.15) is 12.0 Å². The van der Waals surface area contributed by atoms with Gasteiger partial charge in [0.2, 0.25) is 11.8 Å². The molecule has 0 saturated carbocycles. The predicted octanol–water partition coefficient (Wildman–Crippen LogP) is 3.12. The molecular weight excluding hydrogens is 382 g/mol. The van der Waals surface area contributed by atoms with Gasteiger partial charge < -0.3 is 19.4 Å². The number of carbonyl (C=O) groups excluding carboxylic acids is 2. The molecule has 2 amide bonds. The number of aryl methyl sites for hydroxylation is 1. The predicted molar refractivity (Wildman–Crippen MR) is 112 cm³/mol. The normalized spacial score (nSPS) is 13.0. The Morgan fingerprint density at radius 2 is 1.97 bits per heavy atom. The van der Waals surface area contributed by atoms with Crippen LogP contribution in [0.4, 0.5) is 5.69 Å². The molecule has 7 heteroatoms. The number of amides is 2. The maximum Gasteiger partial charge on any atom is 0.265 e. The second-order valence-electron chi connectivity index (χ2n) is 7.16. The van der Waals surface area contributed by atoms with Crippen molar-refractivity contribution < 1.29 is 18.7 Å². The highest BCUT2D eigenvalue weighted by Gasteiger charge is 2.25. The van der Waals surface area contributed by atoms with Crippen LogP contribution in [0.25, 0.3) is 11.5 Å². The number of carbonyl (C=O) groups is 2. The van der Waals surface area contributed by atoms with Crippen LogP contribution in [0, 0.1) is 6.92 Å². The lowest BCUT2D eigenvalue weighted by atomic mass is 10.1. The van der Waals surface area contributed by atoms with E-state index >= 15 is 0 Å². The van der Waals surface area contributed by atoms with Crippen molar-refractivity contribution >= 4 is 17.5 Å². The summed E-state index contributed by atoms with van der Waals surface area (Å²) in [5.74, 6) is 0.968. The van der Waals surface area contributed by atoms with Crippen molar-refractivity contribution in [3.63, 3.8) is 0 Å². The summed E-state index contributed by atoms with van der Waals surface area (Å²) in [5.41, 5.74) is 3.58. The maximum atomic E-state index is 12.2. The van der Waals surface area contributed by atoms with Crippen molar-refractivity contribution in [2.45, 2.75) is 19.8 Å². The molecule has 30 heavy (non-hydrogen) atoms. The van der Waals surface area contributed by atoms with E-state index in [0.29, 0.717) is 36.8 Å². The van der Waals surface area contributed by atoms with Crippen LogP contribution >= 0.6 is 0 Å². The first-order valence-corrected chi connectivity index (χ1v) is 9.90. The van der Waals surface area contributed by atoms with E-state index in [2.05, 4.69) is 10.3 Å². The van der Waals surface area contributed by atoms with E-state index in [1.54, 1.807) is 11.2 Å². The Bertz CT molecular complexity index is 1040. The summed E-state index contributed by atoms with van der Waals surface area (Å²) < 4.78 is 11.0. The van der Waals surface area contributed by atoms with Crippen LogP contribution in [-0.4, -0.2) is 36.5 Å².